The van der Waals surface area contributed by atoms with Crippen LogP contribution in [0.5, 0.6) is 0 Å². The summed E-state index contributed by atoms with van der Waals surface area (Å²) in [6.45, 7) is 0. The summed E-state index contributed by atoms with van der Waals surface area (Å²) in [6, 6.07) is 13.9. The number of furan rings is 1. The average Bonchev–Trinajstić information content (AvgIpc) is 3.53. The minimum atomic E-state index is -4.04. The molecule has 0 radical (unpaired) electrons. The molecule has 0 saturated heterocycles. The van der Waals surface area contributed by atoms with E-state index in [-0.39, 0.29) is 16.1 Å². The van der Waals surface area contributed by atoms with Crippen LogP contribution in [0.25, 0.3) is 22.5 Å². The number of carbonyl (C=O) groups is 1. The summed E-state index contributed by atoms with van der Waals surface area (Å²) in [4.78, 5) is 33.7. The van der Waals surface area contributed by atoms with Gasteiger partial charge in [-0.15, -0.1) is 11.3 Å². The zero-order valence-electron chi connectivity index (χ0n) is 16.7. The Morgan fingerprint density at radius 1 is 1.03 bits per heavy atom. The summed E-state index contributed by atoms with van der Waals surface area (Å²) in [5.74, 6) is 0.0414. The molecule has 5 aromatic rings. The summed E-state index contributed by atoms with van der Waals surface area (Å²) in [5.41, 5.74) is 1.19. The number of amides is 1. The van der Waals surface area contributed by atoms with Gasteiger partial charge in [-0.2, -0.15) is 0 Å². The SMILES string of the molecule is O=C(Nc1nc(-c2ccco2)cs1)c1ccccc1NS(=O)(=O)c1ccc2[nH]c(=O)[nH]c2c1. The van der Waals surface area contributed by atoms with Crippen LogP contribution in [0.2, 0.25) is 0 Å². The molecular formula is C21H15N5O5S2. The first-order chi connectivity index (χ1) is 15.9. The molecule has 10 nitrogen and oxygen atoms in total. The zero-order chi connectivity index (χ0) is 23.0. The molecule has 3 heterocycles. The Bertz CT molecular complexity index is 1630. The molecule has 0 spiro atoms. The van der Waals surface area contributed by atoms with Gasteiger partial charge in [0.05, 0.1) is 33.4 Å². The highest BCUT2D eigenvalue weighted by molar-refractivity contribution is 7.92. The lowest BCUT2D eigenvalue weighted by atomic mass is 10.2. The fourth-order valence-electron chi connectivity index (χ4n) is 3.19. The van der Waals surface area contributed by atoms with E-state index < -0.39 is 21.6 Å². The van der Waals surface area contributed by atoms with Crippen LogP contribution in [0, 0.1) is 0 Å². The van der Waals surface area contributed by atoms with Gasteiger partial charge in [-0.1, -0.05) is 12.1 Å². The van der Waals surface area contributed by atoms with E-state index in [2.05, 4.69) is 25.0 Å². The number of imidazole rings is 1. The zero-order valence-corrected chi connectivity index (χ0v) is 18.3. The number of hydrogen-bond acceptors (Lipinski definition) is 7. The van der Waals surface area contributed by atoms with Crippen molar-refractivity contribution in [1.29, 1.82) is 0 Å². The third-order valence-electron chi connectivity index (χ3n) is 4.71. The highest BCUT2D eigenvalue weighted by atomic mass is 32.2. The van der Waals surface area contributed by atoms with Crippen LogP contribution in [0.3, 0.4) is 0 Å². The van der Waals surface area contributed by atoms with E-state index in [0.29, 0.717) is 27.6 Å². The van der Waals surface area contributed by atoms with E-state index in [1.807, 2.05) is 0 Å². The number of thiazole rings is 1. The number of aromatic nitrogens is 3. The largest absolute Gasteiger partial charge is 0.463 e. The number of carbonyl (C=O) groups excluding carboxylic acids is 1. The molecule has 0 fully saturated rings. The third kappa shape index (κ3) is 4.16. The maximum Gasteiger partial charge on any atom is 0.323 e. The van der Waals surface area contributed by atoms with Crippen LogP contribution in [0.4, 0.5) is 10.8 Å². The maximum absolute atomic E-state index is 13.0. The van der Waals surface area contributed by atoms with Gasteiger partial charge >= 0.3 is 5.69 Å². The van der Waals surface area contributed by atoms with Crippen LogP contribution >= 0.6 is 11.3 Å². The summed E-state index contributed by atoms with van der Waals surface area (Å²) < 4.78 is 33.7. The van der Waals surface area contributed by atoms with Crippen LogP contribution in [-0.4, -0.2) is 29.3 Å². The number of fused-ring (bicyclic) bond motifs is 1. The van der Waals surface area contributed by atoms with Gasteiger partial charge in [-0.25, -0.2) is 18.2 Å². The second-order valence-electron chi connectivity index (χ2n) is 6.91. The summed E-state index contributed by atoms with van der Waals surface area (Å²) in [6.07, 6.45) is 1.53. The van der Waals surface area contributed by atoms with E-state index in [1.54, 1.807) is 29.6 Å². The molecule has 2 aromatic carbocycles. The Hall–Kier alpha value is -4.16. The molecule has 0 bridgehead atoms. The number of benzene rings is 2. The van der Waals surface area contributed by atoms with Gasteiger partial charge in [0.1, 0.15) is 5.69 Å². The van der Waals surface area contributed by atoms with Crippen molar-refractivity contribution in [3.05, 3.63) is 82.3 Å². The molecule has 12 heteroatoms. The predicted octanol–water partition coefficient (Wildman–Crippen LogP) is 3.63. The molecule has 0 atom stereocenters. The molecule has 0 saturated carbocycles. The number of para-hydroxylation sites is 1. The van der Waals surface area contributed by atoms with Gasteiger partial charge in [-0.3, -0.25) is 14.8 Å². The highest BCUT2D eigenvalue weighted by Gasteiger charge is 2.20. The van der Waals surface area contributed by atoms with Crippen molar-refractivity contribution in [3.8, 4) is 11.5 Å². The molecule has 0 aliphatic heterocycles. The fourth-order valence-corrected chi connectivity index (χ4v) is 4.99. The number of H-pyrrole nitrogens is 2. The number of hydrogen-bond donors (Lipinski definition) is 4. The second-order valence-corrected chi connectivity index (χ2v) is 9.45. The molecular weight excluding hydrogens is 466 g/mol. The van der Waals surface area contributed by atoms with E-state index in [0.717, 1.165) is 0 Å². The van der Waals surface area contributed by atoms with Crippen molar-refractivity contribution < 1.29 is 17.6 Å². The van der Waals surface area contributed by atoms with E-state index >= 15 is 0 Å². The minimum Gasteiger partial charge on any atom is -0.463 e. The molecule has 1 amide bonds. The monoisotopic (exact) mass is 481 g/mol. The molecule has 0 aliphatic carbocycles. The van der Waals surface area contributed by atoms with Crippen molar-refractivity contribution in [1.82, 2.24) is 15.0 Å². The number of rotatable bonds is 6. The van der Waals surface area contributed by atoms with Gasteiger partial charge in [-0.05, 0) is 42.5 Å². The van der Waals surface area contributed by atoms with Gasteiger partial charge in [0, 0.05) is 5.38 Å². The Labute approximate surface area is 190 Å². The Kier molecular flexibility index (Phi) is 5.07. The lowest BCUT2D eigenvalue weighted by Gasteiger charge is -2.12. The van der Waals surface area contributed by atoms with E-state index in [9.17, 15) is 18.0 Å². The Morgan fingerprint density at radius 2 is 1.85 bits per heavy atom. The van der Waals surface area contributed by atoms with Crippen LogP contribution < -0.4 is 15.7 Å². The van der Waals surface area contributed by atoms with Gasteiger partial charge in [0.15, 0.2) is 10.9 Å². The molecule has 33 heavy (non-hydrogen) atoms. The fraction of sp³-hybridized carbons (Fsp3) is 0. The first kappa shape index (κ1) is 20.7. The van der Waals surface area contributed by atoms with Crippen molar-refractivity contribution in [3.63, 3.8) is 0 Å². The van der Waals surface area contributed by atoms with Gasteiger partial charge < -0.3 is 14.4 Å². The highest BCUT2D eigenvalue weighted by Crippen LogP contribution is 2.27. The van der Waals surface area contributed by atoms with E-state index in [4.69, 9.17) is 4.42 Å². The standard InChI is InChI=1S/C21H15N5O5S2/c27-19(25-21-24-17(11-32-21)18-6-3-9-31-18)13-4-1-2-5-14(13)26-33(29,30)12-7-8-15-16(10-12)23-20(28)22-15/h1-11,26H,(H2,22,23,28)(H,24,25,27). The number of anilines is 2. The molecule has 3 aromatic heterocycles. The quantitative estimate of drug-likeness (QED) is 0.291. The lowest BCUT2D eigenvalue weighted by Crippen LogP contribution is -2.18. The smallest absolute Gasteiger partial charge is 0.323 e. The van der Waals surface area contributed by atoms with Gasteiger partial charge in [0.2, 0.25) is 0 Å². The number of sulfonamides is 1. The third-order valence-corrected chi connectivity index (χ3v) is 6.83. The summed E-state index contributed by atoms with van der Waals surface area (Å²) >= 11 is 1.22. The number of aromatic amines is 2. The molecule has 4 N–H and O–H groups in total. The summed E-state index contributed by atoms with van der Waals surface area (Å²) in [7, 11) is -4.04. The van der Waals surface area contributed by atoms with E-state index in [1.165, 1.54) is 47.9 Å². The molecule has 5 rings (SSSR count). The lowest BCUT2D eigenvalue weighted by molar-refractivity contribution is 0.102. The number of nitrogens with zero attached hydrogens (tertiary/aromatic N) is 1. The van der Waals surface area contributed by atoms with Crippen molar-refractivity contribution in [2.24, 2.45) is 0 Å². The van der Waals surface area contributed by atoms with Crippen LogP contribution in [0.15, 0.2) is 80.3 Å². The second kappa shape index (κ2) is 8.07. The summed E-state index contributed by atoms with van der Waals surface area (Å²) in [5, 5.41) is 4.76. The Balaban J connectivity index is 1.40. The van der Waals surface area contributed by atoms with Crippen molar-refractivity contribution >= 4 is 49.1 Å². The molecule has 166 valence electrons. The van der Waals surface area contributed by atoms with Crippen LogP contribution in [-0.2, 0) is 10.0 Å². The molecule has 0 aliphatic rings. The first-order valence-electron chi connectivity index (χ1n) is 9.54. The predicted molar refractivity (Wildman–Crippen MR) is 124 cm³/mol. The van der Waals surface area contributed by atoms with Gasteiger partial charge in [0.25, 0.3) is 15.9 Å². The maximum atomic E-state index is 13.0. The van der Waals surface area contributed by atoms with Crippen LogP contribution in [0.1, 0.15) is 10.4 Å². The topological polar surface area (TPSA) is 150 Å². The minimum absolute atomic E-state index is 0.0662. The Morgan fingerprint density at radius 3 is 2.67 bits per heavy atom. The van der Waals surface area contributed by atoms with Crippen molar-refractivity contribution in [2.45, 2.75) is 4.90 Å². The normalized spacial score (nSPS) is 11.5. The molecule has 0 unspecified atom stereocenters. The van der Waals surface area contributed by atoms with Crippen molar-refractivity contribution in [2.75, 3.05) is 10.0 Å². The number of nitrogens with one attached hydrogen (secondary N) is 4. The first-order valence-corrected chi connectivity index (χ1v) is 11.9. The average molecular weight is 482 g/mol.